The third kappa shape index (κ3) is 5.08. The van der Waals surface area contributed by atoms with Crippen LogP contribution in [-0.4, -0.2) is 6.36 Å². The average molecular weight is 478 g/mol. The minimum Gasteiger partial charge on any atom is -0.406 e. The summed E-state index contributed by atoms with van der Waals surface area (Å²) in [6.45, 7) is 1.99. The predicted molar refractivity (Wildman–Crippen MR) is 118 cm³/mol. The van der Waals surface area contributed by atoms with Gasteiger partial charge in [0, 0.05) is 5.56 Å². The zero-order chi connectivity index (χ0) is 24.5. The number of hydrogen-bond acceptors (Lipinski definition) is 1. The first-order valence-corrected chi connectivity index (χ1v) is 11.3. The molecule has 0 spiro atoms. The van der Waals surface area contributed by atoms with Crippen molar-refractivity contribution >= 4 is 0 Å². The lowest BCUT2D eigenvalue weighted by molar-refractivity contribution is -0.274. The highest BCUT2D eigenvalue weighted by molar-refractivity contribution is 5.67. The zero-order valence-electron chi connectivity index (χ0n) is 18.6. The Hall–Kier alpha value is -2.96. The van der Waals surface area contributed by atoms with Gasteiger partial charge in [-0.05, 0) is 78.0 Å². The lowest BCUT2D eigenvalue weighted by atomic mass is 9.78. The van der Waals surface area contributed by atoms with Gasteiger partial charge in [-0.2, -0.15) is 0 Å². The number of halogens is 6. The molecule has 0 bridgehead atoms. The van der Waals surface area contributed by atoms with Gasteiger partial charge in [-0.15, -0.1) is 13.2 Å². The van der Waals surface area contributed by atoms with Crippen molar-refractivity contribution in [2.75, 3.05) is 0 Å². The summed E-state index contributed by atoms with van der Waals surface area (Å²) >= 11 is 0. The molecular formula is C27H24F6O. The number of rotatable bonds is 6. The predicted octanol–water partition coefficient (Wildman–Crippen LogP) is 8.28. The van der Waals surface area contributed by atoms with E-state index in [9.17, 15) is 22.0 Å². The summed E-state index contributed by atoms with van der Waals surface area (Å²) in [6.07, 6.45) is -1.43. The molecule has 0 radical (unpaired) electrons. The van der Waals surface area contributed by atoms with E-state index in [-0.39, 0.29) is 17.2 Å². The van der Waals surface area contributed by atoms with Gasteiger partial charge < -0.3 is 4.74 Å². The van der Waals surface area contributed by atoms with Crippen LogP contribution in [0.25, 0.3) is 11.1 Å². The number of benzene rings is 3. The molecule has 1 atom stereocenters. The molecule has 34 heavy (non-hydrogen) atoms. The molecule has 7 heteroatoms. The van der Waals surface area contributed by atoms with Crippen molar-refractivity contribution in [1.29, 1.82) is 0 Å². The minimum absolute atomic E-state index is 0.258. The lowest BCUT2D eigenvalue weighted by Gasteiger charge is -2.27. The molecule has 3 aromatic rings. The molecule has 1 aliphatic rings. The Kier molecular flexibility index (Phi) is 6.91. The largest absolute Gasteiger partial charge is 0.573 e. The summed E-state index contributed by atoms with van der Waals surface area (Å²) in [5, 5.41) is 0. The number of ether oxygens (including phenoxy) is 1. The van der Waals surface area contributed by atoms with Gasteiger partial charge in [0.05, 0.1) is 0 Å². The molecule has 4 rings (SSSR count). The van der Waals surface area contributed by atoms with Crippen LogP contribution in [-0.2, 0) is 19.3 Å². The van der Waals surface area contributed by atoms with E-state index >= 15 is 4.39 Å². The summed E-state index contributed by atoms with van der Waals surface area (Å²) in [5.41, 5.74) is 2.62. The second-order valence-corrected chi connectivity index (χ2v) is 8.62. The topological polar surface area (TPSA) is 9.23 Å². The Labute approximate surface area is 194 Å². The van der Waals surface area contributed by atoms with Crippen molar-refractivity contribution in [2.24, 2.45) is 0 Å². The standard InChI is InChI=1S/C27H24F6O/c1-2-3-4-17-7-12-23(26(30)24(17)28)19-9-14-22-18(15-19)8-13-21(25(22)29)16-5-10-20(11-6-16)34-27(31,32)33/h5-8,10-13,19H,2-4,9,14-15H2,1H3. The normalized spacial score (nSPS) is 15.8. The van der Waals surface area contributed by atoms with E-state index in [1.165, 1.54) is 12.1 Å². The Bertz CT molecular complexity index is 1170. The van der Waals surface area contributed by atoms with Gasteiger partial charge in [-0.25, -0.2) is 13.2 Å². The third-order valence-corrected chi connectivity index (χ3v) is 6.38. The minimum atomic E-state index is -4.80. The zero-order valence-corrected chi connectivity index (χ0v) is 18.6. The van der Waals surface area contributed by atoms with Crippen LogP contribution in [0.15, 0.2) is 48.5 Å². The summed E-state index contributed by atoms with van der Waals surface area (Å²) in [4.78, 5) is 0. The molecule has 1 nitrogen and oxygen atoms in total. The van der Waals surface area contributed by atoms with Crippen LogP contribution in [0.3, 0.4) is 0 Å². The fraction of sp³-hybridized carbons (Fsp3) is 0.333. The molecule has 0 amide bonds. The van der Waals surface area contributed by atoms with Crippen molar-refractivity contribution in [1.82, 2.24) is 0 Å². The van der Waals surface area contributed by atoms with Crippen molar-refractivity contribution in [3.05, 3.63) is 88.2 Å². The lowest BCUT2D eigenvalue weighted by Crippen LogP contribution is -2.17. The van der Waals surface area contributed by atoms with E-state index in [0.717, 1.165) is 30.5 Å². The maximum atomic E-state index is 15.3. The molecule has 0 N–H and O–H groups in total. The number of aryl methyl sites for hydroxylation is 1. The number of alkyl halides is 3. The molecule has 3 aromatic carbocycles. The monoisotopic (exact) mass is 478 g/mol. The fourth-order valence-corrected chi connectivity index (χ4v) is 4.61. The van der Waals surface area contributed by atoms with Gasteiger partial charge in [0.1, 0.15) is 11.6 Å². The van der Waals surface area contributed by atoms with E-state index in [1.54, 1.807) is 24.3 Å². The van der Waals surface area contributed by atoms with Crippen LogP contribution in [0.4, 0.5) is 26.3 Å². The Balaban J connectivity index is 1.56. The van der Waals surface area contributed by atoms with Crippen LogP contribution in [0.1, 0.15) is 54.4 Å². The first-order valence-electron chi connectivity index (χ1n) is 11.3. The number of fused-ring (bicyclic) bond motifs is 1. The molecule has 1 aliphatic carbocycles. The molecule has 180 valence electrons. The maximum Gasteiger partial charge on any atom is 0.573 e. The summed E-state index contributed by atoms with van der Waals surface area (Å²) in [5.74, 6) is -2.70. The molecule has 0 fully saturated rings. The van der Waals surface area contributed by atoms with Crippen LogP contribution in [0, 0.1) is 17.5 Å². The van der Waals surface area contributed by atoms with Crippen molar-refractivity contribution in [2.45, 2.75) is 57.7 Å². The molecule has 0 heterocycles. The van der Waals surface area contributed by atoms with Crippen molar-refractivity contribution in [3.8, 4) is 16.9 Å². The summed E-state index contributed by atoms with van der Waals surface area (Å²) in [7, 11) is 0. The molecule has 0 aliphatic heterocycles. The van der Waals surface area contributed by atoms with Gasteiger partial charge in [0.25, 0.3) is 0 Å². The van der Waals surface area contributed by atoms with Gasteiger partial charge in [-0.1, -0.05) is 49.7 Å². The first kappa shape index (κ1) is 24.2. The quantitative estimate of drug-likeness (QED) is 0.324. The van der Waals surface area contributed by atoms with Crippen LogP contribution >= 0.6 is 0 Å². The van der Waals surface area contributed by atoms with Gasteiger partial charge >= 0.3 is 6.36 Å². The van der Waals surface area contributed by atoms with Crippen LogP contribution in [0.5, 0.6) is 5.75 Å². The molecular weight excluding hydrogens is 454 g/mol. The van der Waals surface area contributed by atoms with E-state index < -0.39 is 23.8 Å². The van der Waals surface area contributed by atoms with E-state index in [4.69, 9.17) is 0 Å². The maximum absolute atomic E-state index is 15.3. The van der Waals surface area contributed by atoms with Crippen molar-refractivity contribution < 1.29 is 31.1 Å². The average Bonchev–Trinajstić information content (AvgIpc) is 2.80. The molecule has 0 saturated carbocycles. The van der Waals surface area contributed by atoms with Crippen molar-refractivity contribution in [3.63, 3.8) is 0 Å². The molecule has 0 aromatic heterocycles. The Morgan fingerprint density at radius 2 is 1.62 bits per heavy atom. The van der Waals surface area contributed by atoms with Gasteiger partial charge in [0.15, 0.2) is 11.6 Å². The smallest absolute Gasteiger partial charge is 0.406 e. The van der Waals surface area contributed by atoms with Gasteiger partial charge in [-0.3, -0.25) is 0 Å². The SMILES string of the molecule is CCCCc1ccc(C2CCc3c(ccc(-c4ccc(OC(F)(F)F)cc4)c3F)C2)c(F)c1F. The summed E-state index contributed by atoms with van der Waals surface area (Å²) in [6, 6.07) is 11.6. The number of hydrogen-bond donors (Lipinski definition) is 0. The Morgan fingerprint density at radius 1 is 0.882 bits per heavy atom. The van der Waals surface area contributed by atoms with E-state index in [1.807, 2.05) is 6.92 Å². The van der Waals surface area contributed by atoms with E-state index in [0.29, 0.717) is 47.9 Å². The first-order chi connectivity index (χ1) is 16.2. The fourth-order valence-electron chi connectivity index (χ4n) is 4.61. The second-order valence-electron chi connectivity index (χ2n) is 8.62. The molecule has 1 unspecified atom stereocenters. The number of unbranched alkanes of at least 4 members (excludes halogenated alkanes) is 1. The highest BCUT2D eigenvalue weighted by Gasteiger charge is 2.31. The van der Waals surface area contributed by atoms with Crippen LogP contribution < -0.4 is 4.74 Å². The highest BCUT2D eigenvalue weighted by Crippen LogP contribution is 2.39. The van der Waals surface area contributed by atoms with Crippen LogP contribution in [0.2, 0.25) is 0 Å². The highest BCUT2D eigenvalue weighted by atomic mass is 19.4. The summed E-state index contributed by atoms with van der Waals surface area (Å²) < 4.78 is 85.6. The Morgan fingerprint density at radius 3 is 2.29 bits per heavy atom. The van der Waals surface area contributed by atoms with Gasteiger partial charge in [0.2, 0.25) is 0 Å². The second kappa shape index (κ2) is 9.72. The molecule has 0 saturated heterocycles. The third-order valence-electron chi connectivity index (χ3n) is 6.38. The van der Waals surface area contributed by atoms with E-state index in [2.05, 4.69) is 4.74 Å².